The molecule has 0 aromatic heterocycles. The zero-order valence-corrected chi connectivity index (χ0v) is 15.2. The Labute approximate surface area is 155 Å². The number of hydrogen-bond donors (Lipinski definition) is 2. The molecule has 0 atom stereocenters. The summed E-state index contributed by atoms with van der Waals surface area (Å²) in [6, 6.07) is 18.6. The van der Waals surface area contributed by atoms with Gasteiger partial charge in [-0.15, -0.1) is 12.4 Å². The zero-order chi connectivity index (χ0) is 16.8. The highest BCUT2D eigenvalue weighted by Crippen LogP contribution is 2.19. The monoisotopic (exact) mass is 359 g/mol. The fourth-order valence-corrected chi connectivity index (χ4v) is 3.12. The number of carbonyl (C=O) groups excluding carboxylic acids is 1. The van der Waals surface area contributed by atoms with E-state index in [1.807, 2.05) is 36.4 Å². The Kier molecular flexibility index (Phi) is 7.44. The van der Waals surface area contributed by atoms with Crippen LogP contribution in [-0.2, 0) is 11.2 Å². The highest BCUT2D eigenvalue weighted by molar-refractivity contribution is 5.93. The van der Waals surface area contributed by atoms with Crippen molar-refractivity contribution < 1.29 is 4.79 Å². The lowest BCUT2D eigenvalue weighted by atomic mass is 10.0. The van der Waals surface area contributed by atoms with E-state index in [-0.39, 0.29) is 24.4 Å². The minimum atomic E-state index is 0. The number of nitrogens with zero attached hydrogens (tertiary/aromatic N) is 1. The molecular weight excluding hydrogens is 334 g/mol. The van der Waals surface area contributed by atoms with E-state index in [1.54, 1.807) is 0 Å². The van der Waals surface area contributed by atoms with Crippen LogP contribution in [0.4, 0.5) is 5.69 Å². The molecule has 1 saturated heterocycles. The Hall–Kier alpha value is -1.88. The summed E-state index contributed by atoms with van der Waals surface area (Å²) in [5.74, 6) is 0.0472. The maximum Gasteiger partial charge on any atom is 0.238 e. The van der Waals surface area contributed by atoms with Crippen LogP contribution < -0.4 is 11.1 Å². The number of benzene rings is 2. The predicted octanol–water partition coefficient (Wildman–Crippen LogP) is 3.06. The maximum atomic E-state index is 12.4. The van der Waals surface area contributed by atoms with Crippen molar-refractivity contribution in [2.24, 2.45) is 5.73 Å². The summed E-state index contributed by atoms with van der Waals surface area (Å²) in [5.41, 5.74) is 9.20. The number of nitrogens with two attached hydrogens (primary N) is 1. The van der Waals surface area contributed by atoms with Gasteiger partial charge >= 0.3 is 0 Å². The normalized spacial score (nSPS) is 15.4. The fraction of sp³-hybridized carbons (Fsp3) is 0.350. The van der Waals surface area contributed by atoms with E-state index in [9.17, 15) is 4.79 Å². The summed E-state index contributed by atoms with van der Waals surface area (Å²) in [6.45, 7) is 2.24. The quantitative estimate of drug-likeness (QED) is 0.862. The molecule has 1 amide bonds. The molecule has 2 aromatic rings. The zero-order valence-electron chi connectivity index (χ0n) is 14.4. The number of likely N-dealkylation sites (tertiary alicyclic amines) is 1. The first-order valence-corrected chi connectivity index (χ1v) is 8.60. The van der Waals surface area contributed by atoms with Gasteiger partial charge in [0.1, 0.15) is 0 Å². The first kappa shape index (κ1) is 19.4. The van der Waals surface area contributed by atoms with Crippen LogP contribution in [0.5, 0.6) is 0 Å². The van der Waals surface area contributed by atoms with Crippen LogP contribution in [0.2, 0.25) is 0 Å². The van der Waals surface area contributed by atoms with Gasteiger partial charge < -0.3 is 11.1 Å². The largest absolute Gasteiger partial charge is 0.328 e. The van der Waals surface area contributed by atoms with Crippen molar-refractivity contribution in [2.75, 3.05) is 25.0 Å². The molecule has 2 aromatic carbocycles. The summed E-state index contributed by atoms with van der Waals surface area (Å²) in [6.07, 6.45) is 2.76. The van der Waals surface area contributed by atoms with Gasteiger partial charge in [0, 0.05) is 24.8 Å². The average molecular weight is 360 g/mol. The maximum absolute atomic E-state index is 12.4. The van der Waals surface area contributed by atoms with E-state index in [4.69, 9.17) is 5.73 Å². The van der Waals surface area contributed by atoms with Gasteiger partial charge in [-0.3, -0.25) is 9.69 Å². The van der Waals surface area contributed by atoms with Gasteiger partial charge in [-0.05, 0) is 36.5 Å². The lowest BCUT2D eigenvalue weighted by molar-refractivity contribution is -0.117. The first-order valence-electron chi connectivity index (χ1n) is 8.60. The number of amides is 1. The lowest BCUT2D eigenvalue weighted by Crippen LogP contribution is -2.43. The van der Waals surface area contributed by atoms with Crippen molar-refractivity contribution in [2.45, 2.75) is 25.3 Å². The second kappa shape index (κ2) is 9.56. The second-order valence-corrected chi connectivity index (χ2v) is 6.48. The number of halogens is 1. The van der Waals surface area contributed by atoms with Crippen molar-refractivity contribution in [3.63, 3.8) is 0 Å². The number of nitrogens with one attached hydrogen (secondary N) is 1. The van der Waals surface area contributed by atoms with E-state index in [0.29, 0.717) is 6.54 Å². The molecule has 5 heteroatoms. The molecule has 1 fully saturated rings. The Morgan fingerprint density at radius 2 is 1.68 bits per heavy atom. The Bertz CT molecular complexity index is 670. The summed E-state index contributed by atoms with van der Waals surface area (Å²) < 4.78 is 0. The van der Waals surface area contributed by atoms with Crippen LogP contribution in [0.3, 0.4) is 0 Å². The Morgan fingerprint density at radius 1 is 1.04 bits per heavy atom. The standard InChI is InChI=1S/C20H25N3O.ClH/c21-18-10-12-23(13-11-18)15-20(24)22-19-9-5-4-8-17(19)14-16-6-2-1-3-7-16;/h1-9,18H,10-15,21H2,(H,22,24);1H. The summed E-state index contributed by atoms with van der Waals surface area (Å²) in [4.78, 5) is 14.6. The molecule has 0 radical (unpaired) electrons. The topological polar surface area (TPSA) is 58.4 Å². The molecule has 0 saturated carbocycles. The highest BCUT2D eigenvalue weighted by Gasteiger charge is 2.18. The molecule has 0 bridgehead atoms. The fourth-order valence-electron chi connectivity index (χ4n) is 3.12. The van der Waals surface area contributed by atoms with Gasteiger partial charge in [0.2, 0.25) is 5.91 Å². The number of rotatable bonds is 5. The molecular formula is C20H26ClN3O. The van der Waals surface area contributed by atoms with Gasteiger partial charge in [-0.1, -0.05) is 48.5 Å². The molecule has 134 valence electrons. The number of piperidine rings is 1. The summed E-state index contributed by atoms with van der Waals surface area (Å²) >= 11 is 0. The van der Waals surface area contributed by atoms with Crippen LogP contribution in [0.25, 0.3) is 0 Å². The molecule has 1 aliphatic rings. The van der Waals surface area contributed by atoms with E-state index in [1.165, 1.54) is 5.56 Å². The molecule has 0 unspecified atom stereocenters. The molecule has 0 spiro atoms. The third-order valence-corrected chi connectivity index (χ3v) is 4.53. The van der Waals surface area contributed by atoms with Gasteiger partial charge in [0.05, 0.1) is 6.54 Å². The summed E-state index contributed by atoms with van der Waals surface area (Å²) in [5, 5.41) is 3.08. The molecule has 1 aliphatic heterocycles. The van der Waals surface area contributed by atoms with E-state index in [0.717, 1.165) is 43.6 Å². The second-order valence-electron chi connectivity index (χ2n) is 6.48. The van der Waals surface area contributed by atoms with E-state index >= 15 is 0 Å². The van der Waals surface area contributed by atoms with E-state index < -0.39 is 0 Å². The van der Waals surface area contributed by atoms with Crippen LogP contribution >= 0.6 is 12.4 Å². The van der Waals surface area contributed by atoms with Gasteiger partial charge in [-0.2, -0.15) is 0 Å². The molecule has 3 N–H and O–H groups in total. The van der Waals surface area contributed by atoms with Crippen molar-refractivity contribution in [3.05, 3.63) is 65.7 Å². The van der Waals surface area contributed by atoms with Crippen molar-refractivity contribution in [1.82, 2.24) is 4.90 Å². The minimum absolute atomic E-state index is 0. The number of carbonyl (C=O) groups is 1. The van der Waals surface area contributed by atoms with Crippen LogP contribution in [0.15, 0.2) is 54.6 Å². The molecule has 4 nitrogen and oxygen atoms in total. The predicted molar refractivity (Wildman–Crippen MR) is 105 cm³/mol. The lowest BCUT2D eigenvalue weighted by Gasteiger charge is -2.29. The van der Waals surface area contributed by atoms with Crippen molar-refractivity contribution in [1.29, 1.82) is 0 Å². The van der Waals surface area contributed by atoms with Crippen molar-refractivity contribution in [3.8, 4) is 0 Å². The first-order chi connectivity index (χ1) is 11.7. The minimum Gasteiger partial charge on any atom is -0.328 e. The average Bonchev–Trinajstić information content (AvgIpc) is 2.60. The molecule has 0 aliphatic carbocycles. The van der Waals surface area contributed by atoms with Crippen LogP contribution in [0, 0.1) is 0 Å². The van der Waals surface area contributed by atoms with Crippen LogP contribution in [0.1, 0.15) is 24.0 Å². The van der Waals surface area contributed by atoms with Gasteiger partial charge in [-0.25, -0.2) is 0 Å². The van der Waals surface area contributed by atoms with Crippen molar-refractivity contribution >= 4 is 24.0 Å². The third-order valence-electron chi connectivity index (χ3n) is 4.53. The SMILES string of the molecule is Cl.NC1CCN(CC(=O)Nc2ccccc2Cc2ccccc2)CC1. The molecule has 3 rings (SSSR count). The van der Waals surface area contributed by atoms with E-state index in [2.05, 4.69) is 28.4 Å². The Morgan fingerprint density at radius 3 is 2.40 bits per heavy atom. The number of anilines is 1. The number of para-hydroxylation sites is 1. The van der Waals surface area contributed by atoms with Crippen LogP contribution in [-0.4, -0.2) is 36.5 Å². The third kappa shape index (κ3) is 5.85. The Balaban J connectivity index is 0.00000225. The number of hydrogen-bond acceptors (Lipinski definition) is 3. The summed E-state index contributed by atoms with van der Waals surface area (Å²) in [7, 11) is 0. The van der Waals surface area contributed by atoms with Gasteiger partial charge in [0.25, 0.3) is 0 Å². The van der Waals surface area contributed by atoms with Gasteiger partial charge in [0.15, 0.2) is 0 Å². The highest BCUT2D eigenvalue weighted by atomic mass is 35.5. The molecule has 25 heavy (non-hydrogen) atoms. The molecule has 1 heterocycles. The smallest absolute Gasteiger partial charge is 0.238 e.